The van der Waals surface area contributed by atoms with Crippen LogP contribution in [0.15, 0.2) is 91.0 Å². The van der Waals surface area contributed by atoms with Crippen molar-refractivity contribution < 1.29 is 0 Å². The maximum atomic E-state index is 4.50. The number of hydrogen-bond acceptors (Lipinski definition) is 2. The molecule has 0 heterocycles. The van der Waals surface area contributed by atoms with Gasteiger partial charge in [0.05, 0.1) is 5.54 Å². The second kappa shape index (κ2) is 7.69. The van der Waals surface area contributed by atoms with Crippen LogP contribution in [0, 0.1) is 0 Å². The average Bonchev–Trinajstić information content (AvgIpc) is 2.68. The van der Waals surface area contributed by atoms with Crippen molar-refractivity contribution in [3.63, 3.8) is 0 Å². The molecule has 0 bridgehead atoms. The summed E-state index contributed by atoms with van der Waals surface area (Å²) in [6, 6.07) is 32.2. The Kier molecular flexibility index (Phi) is 5.39. The van der Waals surface area contributed by atoms with Crippen LogP contribution < -0.4 is 5.32 Å². The average molecular weight is 334 g/mol. The summed E-state index contributed by atoms with van der Waals surface area (Å²) < 4.78 is 0. The molecule has 1 N–H and O–H groups in total. The Morgan fingerprint density at radius 3 is 1.33 bits per heavy atom. The summed E-state index contributed by atoms with van der Waals surface area (Å²) in [5, 5.41) is 3.85. The molecule has 0 aliphatic heterocycles. The molecule has 0 aliphatic carbocycles. The van der Waals surface area contributed by atoms with Crippen molar-refractivity contribution in [2.24, 2.45) is 0 Å². The van der Waals surface area contributed by atoms with Gasteiger partial charge in [-0.25, -0.2) is 0 Å². The Labute approximate surface area is 150 Å². The van der Waals surface area contributed by atoms with Gasteiger partial charge in [-0.1, -0.05) is 91.0 Å². The minimum absolute atomic E-state index is 0.258. The highest BCUT2D eigenvalue weighted by Crippen LogP contribution is 2.37. The molecular formula is C22H23NS. The molecule has 122 valence electrons. The zero-order valence-electron chi connectivity index (χ0n) is 13.9. The first-order chi connectivity index (χ1) is 11.8. The van der Waals surface area contributed by atoms with E-state index in [2.05, 4.69) is 116 Å². The van der Waals surface area contributed by atoms with Crippen LogP contribution in [-0.4, -0.2) is 11.8 Å². The highest BCUT2D eigenvalue weighted by Gasteiger charge is 2.36. The number of rotatable bonds is 6. The van der Waals surface area contributed by atoms with Gasteiger partial charge in [0.15, 0.2) is 0 Å². The van der Waals surface area contributed by atoms with E-state index in [1.54, 1.807) is 0 Å². The molecule has 0 spiro atoms. The van der Waals surface area contributed by atoms with Crippen molar-refractivity contribution >= 4 is 12.6 Å². The first-order valence-corrected chi connectivity index (χ1v) is 8.96. The maximum absolute atomic E-state index is 4.50. The van der Waals surface area contributed by atoms with Crippen molar-refractivity contribution in [2.45, 2.75) is 18.5 Å². The van der Waals surface area contributed by atoms with Crippen LogP contribution >= 0.6 is 12.6 Å². The molecule has 0 fully saturated rings. The van der Waals surface area contributed by atoms with Gasteiger partial charge in [-0.3, -0.25) is 5.32 Å². The molecule has 1 atom stereocenters. The Bertz CT molecular complexity index is 644. The van der Waals surface area contributed by atoms with Crippen molar-refractivity contribution in [1.82, 2.24) is 5.32 Å². The van der Waals surface area contributed by atoms with E-state index in [1.807, 2.05) is 0 Å². The van der Waals surface area contributed by atoms with E-state index in [0.29, 0.717) is 0 Å². The lowest BCUT2D eigenvalue weighted by Gasteiger charge is -2.39. The second-order valence-electron chi connectivity index (χ2n) is 6.08. The quantitative estimate of drug-likeness (QED) is 0.484. The van der Waals surface area contributed by atoms with Crippen LogP contribution in [0.2, 0.25) is 0 Å². The zero-order valence-corrected chi connectivity index (χ0v) is 14.8. The van der Waals surface area contributed by atoms with Crippen molar-refractivity contribution in [2.75, 3.05) is 5.75 Å². The van der Waals surface area contributed by atoms with Gasteiger partial charge in [-0.15, -0.1) is 0 Å². The van der Waals surface area contributed by atoms with Gasteiger partial charge in [-0.05, 0) is 23.6 Å². The molecule has 2 heteroatoms. The van der Waals surface area contributed by atoms with Crippen LogP contribution in [0.5, 0.6) is 0 Å². The van der Waals surface area contributed by atoms with Crippen LogP contribution in [-0.2, 0) is 5.54 Å². The Hall–Kier alpha value is -2.03. The number of nitrogens with one attached hydrogen (secondary N) is 1. The summed E-state index contributed by atoms with van der Waals surface area (Å²) in [5.41, 5.74) is 3.30. The molecule has 0 radical (unpaired) electrons. The summed E-state index contributed by atoms with van der Waals surface area (Å²) in [4.78, 5) is 0. The first-order valence-electron chi connectivity index (χ1n) is 8.32. The van der Waals surface area contributed by atoms with E-state index in [0.717, 1.165) is 5.75 Å². The van der Waals surface area contributed by atoms with E-state index in [4.69, 9.17) is 0 Å². The molecule has 0 saturated heterocycles. The van der Waals surface area contributed by atoms with E-state index >= 15 is 0 Å². The second-order valence-corrected chi connectivity index (χ2v) is 6.44. The molecule has 0 aromatic heterocycles. The van der Waals surface area contributed by atoms with Gasteiger partial charge in [0, 0.05) is 11.8 Å². The highest BCUT2D eigenvalue weighted by molar-refractivity contribution is 7.80. The molecule has 3 aromatic carbocycles. The van der Waals surface area contributed by atoms with E-state index in [-0.39, 0.29) is 6.04 Å². The molecule has 0 aliphatic rings. The summed E-state index contributed by atoms with van der Waals surface area (Å²) in [6.07, 6.45) is 0. The van der Waals surface area contributed by atoms with Gasteiger partial charge in [0.1, 0.15) is 0 Å². The van der Waals surface area contributed by atoms with Crippen LogP contribution in [0.1, 0.15) is 23.6 Å². The topological polar surface area (TPSA) is 12.0 Å². The van der Waals surface area contributed by atoms with Gasteiger partial charge in [-0.2, -0.15) is 12.6 Å². The third-order valence-corrected chi connectivity index (χ3v) is 4.90. The lowest BCUT2D eigenvalue weighted by Crippen LogP contribution is -2.49. The SMILES string of the molecule is C[C@@H](CS)NC(c1ccccc1)(c1ccccc1)c1ccccc1. The predicted octanol–water partition coefficient (Wildman–Crippen LogP) is 4.89. The first kappa shape index (κ1) is 16.8. The minimum Gasteiger partial charge on any atom is -0.297 e. The normalized spacial score (nSPS) is 12.8. The lowest BCUT2D eigenvalue weighted by molar-refractivity contribution is 0.428. The molecule has 1 nitrogen and oxygen atoms in total. The number of hydrogen-bond donors (Lipinski definition) is 2. The molecule has 3 aromatic rings. The van der Waals surface area contributed by atoms with E-state index in [9.17, 15) is 0 Å². The summed E-state index contributed by atoms with van der Waals surface area (Å²) in [6.45, 7) is 2.18. The standard InChI is InChI=1S/C22H23NS/c1-18(17-24)23-22(19-11-5-2-6-12-19,20-13-7-3-8-14-20)21-15-9-4-10-16-21/h2-16,18,23-24H,17H2,1H3/t18-/m0/s1. The third kappa shape index (κ3) is 3.26. The van der Waals surface area contributed by atoms with Gasteiger partial charge >= 0.3 is 0 Å². The Balaban J connectivity index is 2.28. The smallest absolute Gasteiger partial charge is 0.0950 e. The van der Waals surface area contributed by atoms with Crippen molar-refractivity contribution in [3.05, 3.63) is 108 Å². The molecule has 0 saturated carbocycles. The van der Waals surface area contributed by atoms with Gasteiger partial charge < -0.3 is 0 Å². The van der Waals surface area contributed by atoms with E-state index < -0.39 is 5.54 Å². The molecule has 0 unspecified atom stereocenters. The summed E-state index contributed by atoms with van der Waals surface area (Å²) in [7, 11) is 0. The zero-order chi connectivity index (χ0) is 16.8. The van der Waals surface area contributed by atoms with Crippen molar-refractivity contribution in [1.29, 1.82) is 0 Å². The molecule has 3 rings (SSSR count). The van der Waals surface area contributed by atoms with Crippen LogP contribution in [0.25, 0.3) is 0 Å². The van der Waals surface area contributed by atoms with Crippen LogP contribution in [0.3, 0.4) is 0 Å². The Morgan fingerprint density at radius 1 is 0.708 bits per heavy atom. The molecule has 24 heavy (non-hydrogen) atoms. The summed E-state index contributed by atoms with van der Waals surface area (Å²) in [5.74, 6) is 0.772. The molecular weight excluding hydrogens is 310 g/mol. The largest absolute Gasteiger partial charge is 0.297 e. The monoisotopic (exact) mass is 333 g/mol. The number of thiol groups is 1. The molecule has 0 amide bonds. The fourth-order valence-corrected chi connectivity index (χ4v) is 3.32. The fourth-order valence-electron chi connectivity index (χ4n) is 3.23. The van der Waals surface area contributed by atoms with Crippen molar-refractivity contribution in [3.8, 4) is 0 Å². The maximum Gasteiger partial charge on any atom is 0.0950 e. The predicted molar refractivity (Wildman–Crippen MR) is 106 cm³/mol. The lowest BCUT2D eigenvalue weighted by atomic mass is 9.76. The van der Waals surface area contributed by atoms with Gasteiger partial charge in [0.25, 0.3) is 0 Å². The van der Waals surface area contributed by atoms with Crippen LogP contribution in [0.4, 0.5) is 0 Å². The summed E-state index contributed by atoms with van der Waals surface area (Å²) >= 11 is 4.50. The van der Waals surface area contributed by atoms with Gasteiger partial charge in [0.2, 0.25) is 0 Å². The Morgan fingerprint density at radius 2 is 1.04 bits per heavy atom. The van der Waals surface area contributed by atoms with E-state index in [1.165, 1.54) is 16.7 Å². The third-order valence-electron chi connectivity index (χ3n) is 4.36. The fraction of sp³-hybridized carbons (Fsp3) is 0.182. The number of benzene rings is 3. The highest BCUT2D eigenvalue weighted by atomic mass is 32.1. The minimum atomic E-state index is -0.397.